The van der Waals surface area contributed by atoms with Crippen LogP contribution < -0.4 is 0 Å². The van der Waals surface area contributed by atoms with E-state index < -0.39 is 0 Å². The van der Waals surface area contributed by atoms with Crippen molar-refractivity contribution in [3.8, 4) is 0 Å². The van der Waals surface area contributed by atoms with Gasteiger partial charge < -0.3 is 9.88 Å². The molecular formula is C23H22ClN3O2. The molecule has 1 N–H and O–H groups in total. The number of carbonyl (C=O) groups excluding carboxylic acids is 2. The first-order chi connectivity index (χ1) is 14.1. The van der Waals surface area contributed by atoms with Crippen LogP contribution in [0.3, 0.4) is 0 Å². The second-order valence-electron chi connectivity index (χ2n) is 7.85. The highest BCUT2D eigenvalue weighted by molar-refractivity contribution is 6.32. The van der Waals surface area contributed by atoms with Gasteiger partial charge in [0.05, 0.1) is 11.1 Å². The van der Waals surface area contributed by atoms with Gasteiger partial charge in [0.25, 0.3) is 11.8 Å². The summed E-state index contributed by atoms with van der Waals surface area (Å²) in [5.41, 5.74) is 3.41. The van der Waals surface area contributed by atoms with Crippen molar-refractivity contribution in [3.05, 3.63) is 70.4 Å². The number of imide groups is 1. The highest BCUT2D eigenvalue weighted by Gasteiger charge is 2.40. The van der Waals surface area contributed by atoms with Crippen LogP contribution in [-0.2, 0) is 6.42 Å². The first-order valence-corrected chi connectivity index (χ1v) is 10.4. The number of aromatic nitrogens is 1. The molecule has 6 heteroatoms. The highest BCUT2D eigenvalue weighted by atomic mass is 35.5. The number of H-pyrrole nitrogens is 1. The molecule has 2 amide bonds. The van der Waals surface area contributed by atoms with Crippen molar-refractivity contribution in [1.29, 1.82) is 0 Å². The van der Waals surface area contributed by atoms with E-state index >= 15 is 0 Å². The molecule has 5 nitrogen and oxygen atoms in total. The second kappa shape index (κ2) is 7.32. The molecule has 0 aliphatic carbocycles. The molecule has 3 heterocycles. The Morgan fingerprint density at radius 3 is 2.59 bits per heavy atom. The Balaban J connectivity index is 1.21. The Morgan fingerprint density at radius 1 is 1.00 bits per heavy atom. The number of benzene rings is 2. The standard InChI is InChI=1S/C23H22ClN3O2/c24-16-5-6-19-20(13-16)23(29)27(22(19)28)17-8-11-26(12-9-17)10-7-15-14-25-21-4-2-1-3-18(15)21/h1-6,13-14,17,25H,7-12H2. The smallest absolute Gasteiger partial charge is 0.261 e. The first kappa shape index (κ1) is 18.4. The molecule has 3 aromatic rings. The summed E-state index contributed by atoms with van der Waals surface area (Å²) in [5, 5.41) is 1.77. The summed E-state index contributed by atoms with van der Waals surface area (Å²) in [6.45, 7) is 2.76. The number of para-hydroxylation sites is 1. The molecule has 0 bridgehead atoms. The Morgan fingerprint density at radius 2 is 1.76 bits per heavy atom. The van der Waals surface area contributed by atoms with E-state index in [1.807, 2.05) is 6.07 Å². The molecule has 2 aliphatic rings. The molecule has 1 fully saturated rings. The molecule has 5 rings (SSSR count). The number of piperidine rings is 1. The average Bonchev–Trinajstić information content (AvgIpc) is 3.26. The van der Waals surface area contributed by atoms with Gasteiger partial charge in [-0.05, 0) is 49.1 Å². The van der Waals surface area contributed by atoms with E-state index in [9.17, 15) is 9.59 Å². The maximum Gasteiger partial charge on any atom is 0.261 e. The molecule has 1 aromatic heterocycles. The van der Waals surface area contributed by atoms with Crippen molar-refractivity contribution in [1.82, 2.24) is 14.8 Å². The Labute approximate surface area is 174 Å². The van der Waals surface area contributed by atoms with Crippen molar-refractivity contribution < 1.29 is 9.59 Å². The molecule has 0 radical (unpaired) electrons. The lowest BCUT2D eigenvalue weighted by Crippen LogP contribution is -2.47. The van der Waals surface area contributed by atoms with Gasteiger partial charge in [-0.1, -0.05) is 29.8 Å². The third-order valence-corrected chi connectivity index (χ3v) is 6.41. The minimum absolute atomic E-state index is 0.0366. The van der Waals surface area contributed by atoms with Crippen molar-refractivity contribution in [2.24, 2.45) is 0 Å². The third-order valence-electron chi connectivity index (χ3n) is 6.17. The van der Waals surface area contributed by atoms with E-state index in [1.165, 1.54) is 21.4 Å². The van der Waals surface area contributed by atoms with E-state index in [0.29, 0.717) is 16.1 Å². The number of amides is 2. The predicted molar refractivity (Wildman–Crippen MR) is 113 cm³/mol. The van der Waals surface area contributed by atoms with Gasteiger partial charge in [-0.3, -0.25) is 14.5 Å². The van der Waals surface area contributed by atoms with Crippen LogP contribution in [-0.4, -0.2) is 52.3 Å². The van der Waals surface area contributed by atoms with Gasteiger partial charge in [-0.25, -0.2) is 0 Å². The SMILES string of the molecule is O=C1c2ccc(Cl)cc2C(=O)N1C1CCN(CCc2c[nH]c3ccccc23)CC1. The van der Waals surface area contributed by atoms with E-state index in [0.717, 1.165) is 38.9 Å². The lowest BCUT2D eigenvalue weighted by Gasteiger charge is -2.35. The number of nitrogens with zero attached hydrogens (tertiary/aromatic N) is 2. The zero-order chi connectivity index (χ0) is 20.0. The summed E-state index contributed by atoms with van der Waals surface area (Å²) in [6, 6.07) is 13.3. The summed E-state index contributed by atoms with van der Waals surface area (Å²) in [7, 11) is 0. The topological polar surface area (TPSA) is 56.4 Å². The normalized spacial score (nSPS) is 18.0. The quantitative estimate of drug-likeness (QED) is 0.662. The van der Waals surface area contributed by atoms with Gasteiger partial charge in [-0.2, -0.15) is 0 Å². The summed E-state index contributed by atoms with van der Waals surface area (Å²) < 4.78 is 0. The lowest BCUT2D eigenvalue weighted by atomic mass is 10.0. The first-order valence-electron chi connectivity index (χ1n) is 10.1. The van der Waals surface area contributed by atoms with Crippen LogP contribution in [0.5, 0.6) is 0 Å². The fourth-order valence-electron chi connectivity index (χ4n) is 4.58. The Kier molecular flexibility index (Phi) is 4.64. The van der Waals surface area contributed by atoms with E-state index in [4.69, 9.17) is 11.6 Å². The maximum absolute atomic E-state index is 12.8. The van der Waals surface area contributed by atoms with Crippen molar-refractivity contribution >= 4 is 34.3 Å². The molecule has 0 atom stereocenters. The minimum atomic E-state index is -0.204. The average molecular weight is 408 g/mol. The number of rotatable bonds is 4. The number of fused-ring (bicyclic) bond motifs is 2. The number of carbonyl (C=O) groups is 2. The molecule has 148 valence electrons. The van der Waals surface area contributed by atoms with Crippen molar-refractivity contribution in [3.63, 3.8) is 0 Å². The largest absolute Gasteiger partial charge is 0.361 e. The predicted octanol–water partition coefficient (Wildman–Crippen LogP) is 4.12. The molecule has 2 aliphatic heterocycles. The summed E-state index contributed by atoms with van der Waals surface area (Å²) in [4.78, 5) is 32.7. The number of likely N-dealkylation sites (tertiary alicyclic amines) is 1. The summed E-state index contributed by atoms with van der Waals surface area (Å²) >= 11 is 6.01. The summed E-state index contributed by atoms with van der Waals surface area (Å²) in [5.74, 6) is -0.386. The van der Waals surface area contributed by atoms with Gasteiger partial charge in [-0.15, -0.1) is 0 Å². The zero-order valence-electron chi connectivity index (χ0n) is 16.0. The van der Waals surface area contributed by atoms with Crippen LogP contribution in [0.15, 0.2) is 48.7 Å². The van der Waals surface area contributed by atoms with Gasteiger partial charge in [0, 0.05) is 47.8 Å². The van der Waals surface area contributed by atoms with Gasteiger partial charge in [0.15, 0.2) is 0 Å². The third kappa shape index (κ3) is 3.24. The van der Waals surface area contributed by atoms with E-state index in [1.54, 1.807) is 18.2 Å². The number of hydrogen-bond donors (Lipinski definition) is 1. The fourth-order valence-corrected chi connectivity index (χ4v) is 4.75. The number of aromatic amines is 1. The lowest BCUT2D eigenvalue weighted by molar-refractivity contribution is 0.0504. The van der Waals surface area contributed by atoms with Crippen molar-refractivity contribution in [2.45, 2.75) is 25.3 Å². The van der Waals surface area contributed by atoms with Crippen LogP contribution in [0, 0.1) is 0 Å². The van der Waals surface area contributed by atoms with Crippen LogP contribution in [0.4, 0.5) is 0 Å². The van der Waals surface area contributed by atoms with Gasteiger partial charge >= 0.3 is 0 Å². The van der Waals surface area contributed by atoms with Gasteiger partial charge in [0.1, 0.15) is 0 Å². The van der Waals surface area contributed by atoms with Crippen LogP contribution in [0.1, 0.15) is 39.1 Å². The minimum Gasteiger partial charge on any atom is -0.361 e. The van der Waals surface area contributed by atoms with E-state index in [-0.39, 0.29) is 17.9 Å². The molecule has 0 saturated carbocycles. The maximum atomic E-state index is 12.8. The van der Waals surface area contributed by atoms with Gasteiger partial charge in [0.2, 0.25) is 0 Å². The molecule has 29 heavy (non-hydrogen) atoms. The second-order valence-corrected chi connectivity index (χ2v) is 8.29. The number of halogens is 1. The molecule has 0 spiro atoms. The van der Waals surface area contributed by atoms with E-state index in [2.05, 4.69) is 34.3 Å². The monoisotopic (exact) mass is 407 g/mol. The fraction of sp³-hybridized carbons (Fsp3) is 0.304. The number of hydrogen-bond acceptors (Lipinski definition) is 3. The van der Waals surface area contributed by atoms with Crippen LogP contribution in [0.25, 0.3) is 10.9 Å². The van der Waals surface area contributed by atoms with Crippen molar-refractivity contribution in [2.75, 3.05) is 19.6 Å². The summed E-state index contributed by atoms with van der Waals surface area (Å²) in [6.07, 6.45) is 4.71. The Hall–Kier alpha value is -2.63. The Bertz CT molecular complexity index is 1100. The van der Waals surface area contributed by atoms with Crippen LogP contribution in [0.2, 0.25) is 5.02 Å². The highest BCUT2D eigenvalue weighted by Crippen LogP contribution is 2.30. The molecule has 0 unspecified atom stereocenters. The number of nitrogens with one attached hydrogen (secondary N) is 1. The zero-order valence-corrected chi connectivity index (χ0v) is 16.8. The molecule has 2 aromatic carbocycles. The molecular weight excluding hydrogens is 386 g/mol. The van der Waals surface area contributed by atoms with Crippen LogP contribution >= 0.6 is 11.6 Å². The molecule has 1 saturated heterocycles.